The molecule has 0 spiro atoms. The second-order valence-corrected chi connectivity index (χ2v) is 4.20. The van der Waals surface area contributed by atoms with Gasteiger partial charge in [-0.1, -0.05) is 12.1 Å². The maximum absolute atomic E-state index is 12.7. The van der Waals surface area contributed by atoms with Crippen molar-refractivity contribution in [2.24, 2.45) is 0 Å². The van der Waals surface area contributed by atoms with Crippen LogP contribution < -0.4 is 0 Å². The smallest absolute Gasteiger partial charge is 0.353 e. The lowest BCUT2D eigenvalue weighted by atomic mass is 10.1. The van der Waals surface area contributed by atoms with Gasteiger partial charge >= 0.3 is 6.18 Å². The monoisotopic (exact) mass is 262 g/mol. The summed E-state index contributed by atoms with van der Waals surface area (Å²) in [6, 6.07) is 10.6. The molecule has 96 valence electrons. The summed E-state index contributed by atoms with van der Waals surface area (Å²) in [6.45, 7) is 0. The lowest BCUT2D eigenvalue weighted by Crippen LogP contribution is -2.04. The standard InChI is InChI=1S/C14H9F3N2/c15-14(16,17)10-4-1-3-9(7-10)12-8-13-11(19-12)5-2-6-18-13/h1-8,19H. The van der Waals surface area contributed by atoms with Crippen molar-refractivity contribution in [3.8, 4) is 11.3 Å². The third kappa shape index (κ3) is 2.19. The summed E-state index contributed by atoms with van der Waals surface area (Å²) >= 11 is 0. The Morgan fingerprint density at radius 2 is 1.84 bits per heavy atom. The lowest BCUT2D eigenvalue weighted by Gasteiger charge is -2.07. The highest BCUT2D eigenvalue weighted by molar-refractivity contribution is 5.82. The van der Waals surface area contributed by atoms with Crippen LogP contribution >= 0.6 is 0 Å². The summed E-state index contributed by atoms with van der Waals surface area (Å²) in [5, 5.41) is 0. The van der Waals surface area contributed by atoms with E-state index < -0.39 is 11.7 Å². The van der Waals surface area contributed by atoms with Crippen LogP contribution in [0.15, 0.2) is 48.7 Å². The molecule has 19 heavy (non-hydrogen) atoms. The minimum absolute atomic E-state index is 0.493. The molecule has 0 aliphatic rings. The van der Waals surface area contributed by atoms with Gasteiger partial charge in [0.15, 0.2) is 0 Å². The number of rotatable bonds is 1. The van der Waals surface area contributed by atoms with E-state index in [1.807, 2.05) is 6.07 Å². The molecule has 0 fully saturated rings. The second kappa shape index (κ2) is 4.12. The average molecular weight is 262 g/mol. The molecule has 5 heteroatoms. The molecule has 2 nitrogen and oxygen atoms in total. The molecule has 0 saturated heterocycles. The van der Waals surface area contributed by atoms with E-state index in [1.54, 1.807) is 24.4 Å². The van der Waals surface area contributed by atoms with Crippen molar-refractivity contribution < 1.29 is 13.2 Å². The predicted octanol–water partition coefficient (Wildman–Crippen LogP) is 4.25. The van der Waals surface area contributed by atoms with Crippen LogP contribution in [0.3, 0.4) is 0 Å². The van der Waals surface area contributed by atoms with Crippen LogP contribution in [0.2, 0.25) is 0 Å². The minimum Gasteiger partial charge on any atom is -0.353 e. The lowest BCUT2D eigenvalue weighted by molar-refractivity contribution is -0.137. The van der Waals surface area contributed by atoms with Crippen LogP contribution in [-0.4, -0.2) is 9.97 Å². The number of nitrogens with zero attached hydrogens (tertiary/aromatic N) is 1. The van der Waals surface area contributed by atoms with E-state index >= 15 is 0 Å². The van der Waals surface area contributed by atoms with Gasteiger partial charge in [-0.05, 0) is 35.9 Å². The quantitative estimate of drug-likeness (QED) is 0.697. The van der Waals surface area contributed by atoms with Gasteiger partial charge in [0.1, 0.15) is 0 Å². The molecule has 2 aromatic heterocycles. The molecular formula is C14H9F3N2. The van der Waals surface area contributed by atoms with E-state index in [2.05, 4.69) is 9.97 Å². The summed E-state index contributed by atoms with van der Waals surface area (Å²) in [6.07, 6.45) is -2.69. The van der Waals surface area contributed by atoms with E-state index in [1.165, 1.54) is 6.07 Å². The van der Waals surface area contributed by atoms with Crippen molar-refractivity contribution in [1.82, 2.24) is 9.97 Å². The first-order valence-corrected chi connectivity index (χ1v) is 5.65. The number of alkyl halides is 3. The summed E-state index contributed by atoms with van der Waals surface area (Å²) in [5.74, 6) is 0. The van der Waals surface area contributed by atoms with Crippen LogP contribution in [0.4, 0.5) is 13.2 Å². The molecule has 1 N–H and O–H groups in total. The highest BCUT2D eigenvalue weighted by Crippen LogP contribution is 2.32. The molecule has 0 saturated carbocycles. The molecule has 0 atom stereocenters. The average Bonchev–Trinajstić information content (AvgIpc) is 2.81. The Morgan fingerprint density at radius 1 is 1.00 bits per heavy atom. The first kappa shape index (κ1) is 11.8. The first-order valence-electron chi connectivity index (χ1n) is 5.65. The Bertz CT molecular complexity index is 696. The van der Waals surface area contributed by atoms with Crippen molar-refractivity contribution >= 4 is 11.0 Å². The fourth-order valence-corrected chi connectivity index (χ4v) is 1.97. The number of benzene rings is 1. The predicted molar refractivity (Wildman–Crippen MR) is 66.5 cm³/mol. The van der Waals surface area contributed by atoms with Gasteiger partial charge in [0.25, 0.3) is 0 Å². The van der Waals surface area contributed by atoms with E-state index in [4.69, 9.17) is 0 Å². The van der Waals surface area contributed by atoms with Crippen molar-refractivity contribution in [3.63, 3.8) is 0 Å². The number of aromatic amines is 1. The van der Waals surface area contributed by atoms with Crippen molar-refractivity contribution in [2.45, 2.75) is 6.18 Å². The van der Waals surface area contributed by atoms with Gasteiger partial charge in [-0.3, -0.25) is 4.98 Å². The molecule has 1 aromatic carbocycles. The SMILES string of the molecule is FC(F)(F)c1cccc(-c2cc3ncccc3[nH]2)c1. The Kier molecular flexibility index (Phi) is 2.55. The van der Waals surface area contributed by atoms with Gasteiger partial charge in [-0.25, -0.2) is 0 Å². The summed E-state index contributed by atoms with van der Waals surface area (Å²) in [4.78, 5) is 7.21. The third-order valence-electron chi connectivity index (χ3n) is 2.89. The maximum Gasteiger partial charge on any atom is 0.416 e. The summed E-state index contributed by atoms with van der Waals surface area (Å²) < 4.78 is 38.0. The first-order chi connectivity index (χ1) is 9.04. The number of hydrogen-bond acceptors (Lipinski definition) is 1. The van der Waals surface area contributed by atoms with Crippen molar-refractivity contribution in [2.75, 3.05) is 0 Å². The number of H-pyrrole nitrogens is 1. The minimum atomic E-state index is -4.33. The summed E-state index contributed by atoms with van der Waals surface area (Å²) in [7, 11) is 0. The van der Waals surface area contributed by atoms with Gasteiger partial charge in [-0.2, -0.15) is 13.2 Å². The van der Waals surface area contributed by atoms with Crippen LogP contribution in [-0.2, 0) is 6.18 Å². The zero-order valence-corrected chi connectivity index (χ0v) is 9.70. The number of pyridine rings is 1. The van der Waals surface area contributed by atoms with Gasteiger partial charge in [0.2, 0.25) is 0 Å². The van der Waals surface area contributed by atoms with Gasteiger partial charge in [-0.15, -0.1) is 0 Å². The van der Waals surface area contributed by atoms with E-state index in [9.17, 15) is 13.2 Å². The number of hydrogen-bond donors (Lipinski definition) is 1. The maximum atomic E-state index is 12.7. The molecule has 3 rings (SSSR count). The molecule has 3 aromatic rings. The van der Waals surface area contributed by atoms with E-state index in [-0.39, 0.29) is 0 Å². The summed E-state index contributed by atoms with van der Waals surface area (Å²) in [5.41, 5.74) is 1.99. The topological polar surface area (TPSA) is 28.7 Å². The number of halogens is 3. The highest BCUT2D eigenvalue weighted by Gasteiger charge is 2.30. The van der Waals surface area contributed by atoms with Gasteiger partial charge in [0, 0.05) is 11.9 Å². The van der Waals surface area contributed by atoms with Crippen molar-refractivity contribution in [3.05, 3.63) is 54.2 Å². The third-order valence-corrected chi connectivity index (χ3v) is 2.89. The Balaban J connectivity index is 2.11. The number of aromatic nitrogens is 2. The second-order valence-electron chi connectivity index (χ2n) is 4.20. The molecule has 0 amide bonds. The molecular weight excluding hydrogens is 253 g/mol. The zero-order valence-electron chi connectivity index (χ0n) is 9.70. The largest absolute Gasteiger partial charge is 0.416 e. The van der Waals surface area contributed by atoms with Gasteiger partial charge in [0.05, 0.1) is 16.6 Å². The molecule has 0 unspecified atom stereocenters. The molecule has 0 aliphatic heterocycles. The van der Waals surface area contributed by atoms with Crippen LogP contribution in [0.5, 0.6) is 0 Å². The van der Waals surface area contributed by atoms with E-state index in [0.717, 1.165) is 23.2 Å². The van der Waals surface area contributed by atoms with Crippen molar-refractivity contribution in [1.29, 1.82) is 0 Å². The fourth-order valence-electron chi connectivity index (χ4n) is 1.97. The van der Waals surface area contributed by atoms with Crippen LogP contribution in [0, 0.1) is 0 Å². The number of nitrogens with one attached hydrogen (secondary N) is 1. The van der Waals surface area contributed by atoms with Crippen LogP contribution in [0.25, 0.3) is 22.3 Å². The van der Waals surface area contributed by atoms with E-state index in [0.29, 0.717) is 11.3 Å². The Morgan fingerprint density at radius 3 is 2.58 bits per heavy atom. The molecule has 2 heterocycles. The van der Waals surface area contributed by atoms with Crippen LogP contribution in [0.1, 0.15) is 5.56 Å². The Hall–Kier alpha value is -2.30. The Labute approximate surface area is 106 Å². The fraction of sp³-hybridized carbons (Fsp3) is 0.0714. The molecule has 0 aliphatic carbocycles. The normalized spacial score (nSPS) is 11.9. The van der Waals surface area contributed by atoms with Gasteiger partial charge < -0.3 is 4.98 Å². The highest BCUT2D eigenvalue weighted by atomic mass is 19.4. The molecule has 0 radical (unpaired) electrons. The zero-order chi connectivity index (χ0) is 13.5. The molecule has 0 bridgehead atoms. The number of fused-ring (bicyclic) bond motifs is 1.